The Hall–Kier alpha value is -1.94. The Bertz CT molecular complexity index is 326. The summed E-state index contributed by atoms with van der Waals surface area (Å²) in [4.78, 5) is 22.2. The van der Waals surface area contributed by atoms with Gasteiger partial charge in [-0.3, -0.25) is 9.59 Å². The summed E-state index contributed by atoms with van der Waals surface area (Å²) in [6, 6.07) is 0. The van der Waals surface area contributed by atoms with Gasteiger partial charge in [-0.2, -0.15) is 0 Å². The van der Waals surface area contributed by atoms with Crippen LogP contribution in [-0.4, -0.2) is 25.2 Å². The van der Waals surface area contributed by atoms with E-state index in [-0.39, 0.29) is 38.0 Å². The van der Waals surface area contributed by atoms with Crippen LogP contribution in [0, 0.1) is 23.7 Å². The summed E-state index contributed by atoms with van der Waals surface area (Å²) >= 11 is 0. The third-order valence-corrected chi connectivity index (χ3v) is 1.73. The third-order valence-electron chi connectivity index (χ3n) is 1.73. The van der Waals surface area contributed by atoms with Gasteiger partial charge in [0.1, 0.15) is 0 Å². The fraction of sp³-hybridized carbons (Fsp3) is 0.538. The average molecular weight is 236 g/mol. The lowest BCUT2D eigenvalue weighted by Gasteiger charge is -2.01. The summed E-state index contributed by atoms with van der Waals surface area (Å²) in [6.07, 6.45) is 0.802. The minimum absolute atomic E-state index is 0.103. The first kappa shape index (κ1) is 15.1. The van der Waals surface area contributed by atoms with Gasteiger partial charge in [-0.25, -0.2) is 0 Å². The molecule has 17 heavy (non-hydrogen) atoms. The summed E-state index contributed by atoms with van der Waals surface area (Å²) in [5.41, 5.74) is 0. The molecule has 0 atom stereocenters. The lowest BCUT2D eigenvalue weighted by Crippen LogP contribution is -2.08. The molecule has 92 valence electrons. The summed E-state index contributed by atoms with van der Waals surface area (Å²) < 4.78 is 9.55. The molecule has 0 aliphatic carbocycles. The van der Waals surface area contributed by atoms with Crippen molar-refractivity contribution in [2.45, 2.75) is 33.1 Å². The van der Waals surface area contributed by atoms with Crippen molar-refractivity contribution in [3.05, 3.63) is 0 Å². The highest BCUT2D eigenvalue weighted by atomic mass is 16.5. The quantitative estimate of drug-likeness (QED) is 0.515. The van der Waals surface area contributed by atoms with Crippen molar-refractivity contribution in [2.24, 2.45) is 0 Å². The summed E-state index contributed by atoms with van der Waals surface area (Å²) in [6.45, 7) is 3.55. The Morgan fingerprint density at radius 3 is 1.65 bits per heavy atom. The highest BCUT2D eigenvalue weighted by Crippen LogP contribution is 1.99. The SMILES string of the molecule is CC#CCOC(=O)CCCC(=O)OCC#CC. The molecule has 0 aliphatic heterocycles. The van der Waals surface area contributed by atoms with Gasteiger partial charge in [0, 0.05) is 12.8 Å². The monoisotopic (exact) mass is 236 g/mol. The molecule has 4 heteroatoms. The largest absolute Gasteiger partial charge is 0.452 e. The number of hydrogen-bond acceptors (Lipinski definition) is 4. The molecule has 0 saturated heterocycles. The van der Waals surface area contributed by atoms with Gasteiger partial charge in [-0.15, -0.1) is 11.8 Å². The van der Waals surface area contributed by atoms with Gasteiger partial charge in [-0.05, 0) is 20.3 Å². The Kier molecular flexibility index (Phi) is 9.37. The number of esters is 2. The second-order valence-corrected chi connectivity index (χ2v) is 3.03. The highest BCUT2D eigenvalue weighted by molar-refractivity contribution is 5.72. The summed E-state index contributed by atoms with van der Waals surface area (Å²) in [7, 11) is 0. The van der Waals surface area contributed by atoms with Crippen molar-refractivity contribution in [1.29, 1.82) is 0 Å². The second-order valence-electron chi connectivity index (χ2n) is 3.03. The average Bonchev–Trinajstić information content (AvgIpc) is 2.30. The number of rotatable bonds is 6. The maximum absolute atomic E-state index is 11.1. The smallest absolute Gasteiger partial charge is 0.306 e. The van der Waals surface area contributed by atoms with Crippen LogP contribution in [0.4, 0.5) is 0 Å². The molecule has 0 aromatic rings. The maximum atomic E-state index is 11.1. The molecule has 0 spiro atoms. The van der Waals surface area contributed by atoms with E-state index in [9.17, 15) is 9.59 Å². The Balaban J connectivity index is 3.53. The number of hydrogen-bond donors (Lipinski definition) is 0. The van der Waals surface area contributed by atoms with E-state index < -0.39 is 0 Å². The first-order chi connectivity index (χ1) is 8.20. The molecular weight excluding hydrogens is 220 g/mol. The minimum Gasteiger partial charge on any atom is -0.452 e. The van der Waals surface area contributed by atoms with Gasteiger partial charge in [0.25, 0.3) is 0 Å². The van der Waals surface area contributed by atoms with Gasteiger partial charge in [0.15, 0.2) is 13.2 Å². The molecule has 0 aromatic carbocycles. The van der Waals surface area contributed by atoms with Crippen LogP contribution in [0.25, 0.3) is 0 Å². The lowest BCUT2D eigenvalue weighted by molar-refractivity contribution is -0.144. The standard InChI is InChI=1S/C13H16O4/c1-3-5-10-16-12(14)8-7-9-13(15)17-11-6-4-2/h7-11H2,1-2H3. The zero-order chi connectivity index (χ0) is 12.9. The molecule has 0 fully saturated rings. The number of carbonyl (C=O) groups is 2. The summed E-state index contributed by atoms with van der Waals surface area (Å²) in [5.74, 6) is 9.74. The molecule has 4 nitrogen and oxygen atoms in total. The van der Waals surface area contributed by atoms with Crippen molar-refractivity contribution in [3.8, 4) is 23.7 Å². The molecule has 0 radical (unpaired) electrons. The zero-order valence-corrected chi connectivity index (χ0v) is 10.2. The molecule has 0 amide bonds. The molecule has 0 aliphatic rings. The molecule has 0 aromatic heterocycles. The first-order valence-electron chi connectivity index (χ1n) is 5.31. The third kappa shape index (κ3) is 10.3. The highest BCUT2D eigenvalue weighted by Gasteiger charge is 2.06. The number of carbonyl (C=O) groups excluding carboxylic acids is 2. The van der Waals surface area contributed by atoms with Crippen LogP contribution in [0.5, 0.6) is 0 Å². The van der Waals surface area contributed by atoms with E-state index in [0.717, 1.165) is 0 Å². The molecular formula is C13H16O4. The van der Waals surface area contributed by atoms with Crippen LogP contribution < -0.4 is 0 Å². The predicted octanol–water partition coefficient (Wildman–Crippen LogP) is 1.29. The molecule has 0 rings (SSSR count). The van der Waals surface area contributed by atoms with E-state index in [4.69, 9.17) is 9.47 Å². The van der Waals surface area contributed by atoms with Crippen LogP contribution in [0.1, 0.15) is 33.1 Å². The Morgan fingerprint density at radius 2 is 1.29 bits per heavy atom. The van der Waals surface area contributed by atoms with Crippen LogP contribution in [0.15, 0.2) is 0 Å². The number of ether oxygens (including phenoxy) is 2. The van der Waals surface area contributed by atoms with Crippen molar-refractivity contribution in [2.75, 3.05) is 13.2 Å². The lowest BCUT2D eigenvalue weighted by atomic mass is 10.2. The van der Waals surface area contributed by atoms with E-state index >= 15 is 0 Å². The van der Waals surface area contributed by atoms with Gasteiger partial charge < -0.3 is 9.47 Å². The fourth-order valence-corrected chi connectivity index (χ4v) is 0.899. The molecule has 0 N–H and O–H groups in total. The fourth-order valence-electron chi connectivity index (χ4n) is 0.899. The second kappa shape index (κ2) is 10.6. The van der Waals surface area contributed by atoms with Crippen molar-refractivity contribution in [3.63, 3.8) is 0 Å². The van der Waals surface area contributed by atoms with Crippen LogP contribution >= 0.6 is 0 Å². The molecule has 0 saturated carbocycles. The minimum atomic E-state index is -0.353. The van der Waals surface area contributed by atoms with Crippen LogP contribution in [0.2, 0.25) is 0 Å². The molecule has 0 heterocycles. The van der Waals surface area contributed by atoms with Crippen LogP contribution in [-0.2, 0) is 19.1 Å². The van der Waals surface area contributed by atoms with Crippen LogP contribution in [0.3, 0.4) is 0 Å². The van der Waals surface area contributed by atoms with E-state index in [1.165, 1.54) is 0 Å². The van der Waals surface area contributed by atoms with E-state index in [2.05, 4.69) is 23.7 Å². The van der Waals surface area contributed by atoms with Gasteiger partial charge in [-0.1, -0.05) is 11.8 Å². The Labute approximate surface area is 102 Å². The van der Waals surface area contributed by atoms with Crippen molar-refractivity contribution < 1.29 is 19.1 Å². The van der Waals surface area contributed by atoms with Crippen molar-refractivity contribution >= 4 is 11.9 Å². The molecule has 0 unspecified atom stereocenters. The van der Waals surface area contributed by atoms with E-state index in [1.807, 2.05) is 0 Å². The zero-order valence-electron chi connectivity index (χ0n) is 10.2. The van der Waals surface area contributed by atoms with Crippen molar-refractivity contribution in [1.82, 2.24) is 0 Å². The van der Waals surface area contributed by atoms with E-state index in [0.29, 0.717) is 6.42 Å². The Morgan fingerprint density at radius 1 is 0.882 bits per heavy atom. The summed E-state index contributed by atoms with van der Waals surface area (Å²) in [5, 5.41) is 0. The van der Waals surface area contributed by atoms with E-state index in [1.54, 1.807) is 13.8 Å². The van der Waals surface area contributed by atoms with Gasteiger partial charge in [0.05, 0.1) is 0 Å². The normalized spacial score (nSPS) is 8.12. The molecule has 0 bridgehead atoms. The van der Waals surface area contributed by atoms with Gasteiger partial charge >= 0.3 is 11.9 Å². The maximum Gasteiger partial charge on any atom is 0.306 e. The van der Waals surface area contributed by atoms with Gasteiger partial charge in [0.2, 0.25) is 0 Å². The topological polar surface area (TPSA) is 52.6 Å². The predicted molar refractivity (Wildman–Crippen MR) is 62.7 cm³/mol. The first-order valence-corrected chi connectivity index (χ1v) is 5.31.